The molecule has 14 N–H and O–H groups in total. The highest BCUT2D eigenvalue weighted by Gasteiger charge is 2.57. The Morgan fingerprint density at radius 3 is 2.28 bits per heavy atom. The zero-order valence-corrected chi connectivity index (χ0v) is 44.8. The summed E-state index contributed by atoms with van der Waals surface area (Å²) in [5.74, 6) is -10.6. The largest absolute Gasteiger partial charge is 0.610 e. The van der Waals surface area contributed by atoms with Gasteiger partial charge in [0.2, 0.25) is 63.8 Å². The van der Waals surface area contributed by atoms with Crippen LogP contribution >= 0.6 is 21.6 Å². The van der Waals surface area contributed by atoms with Gasteiger partial charge in [0.15, 0.2) is 6.04 Å². The SMILES string of the molecule is CC[C@H](C)[C@@H]1NC(=O)CNC(=O)[C@@H]2Cc3c4[nH]c5cc(ccc35)OC(CCSSCCNC(C)C)(C(=O)[C@H](CC(N)=O)NC(=O)C(C[S@@+]4[O-])NC(=O)CNC1=O)N1C[C@H](O)C[C@H]1C(=O)N[C@@H]([C@@H](C)[C@@H](O)CO)C(=O)N2. The Labute approximate surface area is 444 Å². The number of aromatic amines is 1. The van der Waals surface area contributed by atoms with Gasteiger partial charge in [0.25, 0.3) is 0 Å². The minimum absolute atomic E-state index is 0.0202. The Morgan fingerprint density at radius 2 is 1.60 bits per heavy atom. The van der Waals surface area contributed by atoms with E-state index in [1.54, 1.807) is 13.8 Å². The number of amides is 8. The number of H-pyrrole nitrogens is 1. The first kappa shape index (κ1) is 59.1. The molecule has 5 aliphatic rings. The number of ketones is 1. The molecule has 8 bridgehead atoms. The molecule has 2 aromatic rings. The van der Waals surface area contributed by atoms with Crippen LogP contribution < -0.4 is 53.0 Å². The number of nitrogens with zero attached hydrogens (tertiary/aromatic N) is 1. The lowest BCUT2D eigenvalue weighted by atomic mass is 9.92. The molecule has 75 heavy (non-hydrogen) atoms. The smallest absolute Gasteiger partial charge is 0.248 e. The van der Waals surface area contributed by atoms with E-state index in [9.17, 15) is 53.4 Å². The van der Waals surface area contributed by atoms with Gasteiger partial charge in [0, 0.05) is 77.6 Å². The van der Waals surface area contributed by atoms with Crippen molar-refractivity contribution in [1.29, 1.82) is 0 Å². The van der Waals surface area contributed by atoms with Crippen LogP contribution in [0.1, 0.15) is 65.9 Å². The molecule has 8 amide bonds. The number of hydrogen-bond donors (Lipinski definition) is 13. The number of hydrogen-bond acceptors (Lipinski definition) is 18. The third-order valence-corrected chi connectivity index (χ3v) is 17.6. The average molecular weight is 1110 g/mol. The van der Waals surface area contributed by atoms with Crippen molar-refractivity contribution in [3.63, 3.8) is 0 Å². The average Bonchev–Trinajstić information content (AvgIpc) is 3.94. The third-order valence-electron chi connectivity index (χ3n) is 13.7. The Kier molecular flexibility index (Phi) is 20.7. The van der Waals surface area contributed by atoms with Crippen LogP contribution in [0.5, 0.6) is 5.75 Å². The Morgan fingerprint density at radius 1 is 0.907 bits per heavy atom. The number of nitrogens with one attached hydrogen (secondary N) is 9. The second-order valence-corrected chi connectivity index (χ2v) is 23.7. The number of carbonyl (C=O) groups is 9. The van der Waals surface area contributed by atoms with Gasteiger partial charge in [-0.15, -0.1) is 0 Å². The van der Waals surface area contributed by atoms with Crippen LogP contribution in [0.3, 0.4) is 0 Å². The van der Waals surface area contributed by atoms with Crippen molar-refractivity contribution >= 4 is 96.7 Å². The van der Waals surface area contributed by atoms with Crippen LogP contribution in [0.25, 0.3) is 10.9 Å². The van der Waals surface area contributed by atoms with Crippen LogP contribution in [-0.2, 0) is 60.7 Å². The number of primary amides is 1. The fourth-order valence-corrected chi connectivity index (χ4v) is 12.8. The highest BCUT2D eigenvalue weighted by Crippen LogP contribution is 2.39. The van der Waals surface area contributed by atoms with Crippen LogP contribution in [0, 0.1) is 11.8 Å². The van der Waals surface area contributed by atoms with E-state index >= 15 is 9.59 Å². The summed E-state index contributed by atoms with van der Waals surface area (Å²) in [4.78, 5) is 133. The molecule has 5 aliphatic heterocycles. The van der Waals surface area contributed by atoms with Crippen LogP contribution in [0.4, 0.5) is 0 Å². The molecule has 0 aliphatic carbocycles. The molecular weight excluding hydrogens is 1040 g/mol. The van der Waals surface area contributed by atoms with Crippen LogP contribution in [-0.4, -0.2) is 193 Å². The van der Waals surface area contributed by atoms with Gasteiger partial charge in [0.1, 0.15) is 35.7 Å². The summed E-state index contributed by atoms with van der Waals surface area (Å²) in [7, 11) is 2.81. The molecule has 0 radical (unpaired) electrons. The number of carbonyl (C=O) groups excluding carboxylic acids is 9. The molecule has 0 saturated carbocycles. The number of ether oxygens (including phenoxy) is 1. The summed E-state index contributed by atoms with van der Waals surface area (Å²) in [6.07, 6.45) is -4.61. The zero-order valence-electron chi connectivity index (χ0n) is 42.4. The number of benzene rings is 1. The fourth-order valence-electron chi connectivity index (χ4n) is 9.44. The van der Waals surface area contributed by atoms with E-state index in [0.717, 1.165) is 0 Å². The van der Waals surface area contributed by atoms with E-state index in [-0.39, 0.29) is 46.5 Å². The van der Waals surface area contributed by atoms with E-state index in [1.807, 2.05) is 13.8 Å². The van der Waals surface area contributed by atoms with Crippen molar-refractivity contribution in [2.45, 2.75) is 132 Å². The topological polar surface area (TPSA) is 388 Å². The monoisotopic (exact) mass is 1110 g/mol. The first-order valence-corrected chi connectivity index (χ1v) is 28.7. The summed E-state index contributed by atoms with van der Waals surface area (Å²) in [5.41, 5.74) is 3.76. The molecule has 28 heteroatoms. The van der Waals surface area contributed by atoms with Gasteiger partial charge in [-0.05, 0) is 24.5 Å². The van der Waals surface area contributed by atoms with Gasteiger partial charge in [-0.2, -0.15) is 0 Å². The number of aliphatic hydroxyl groups is 3. The number of Topliss-reactive ketones (excluding diaryl/α,β-unsaturated/α-hetero) is 1. The van der Waals surface area contributed by atoms with Crippen molar-refractivity contribution < 1.29 is 67.8 Å². The highest BCUT2D eigenvalue weighted by molar-refractivity contribution is 8.76. The number of rotatable bonds is 15. The van der Waals surface area contributed by atoms with Crippen molar-refractivity contribution in [1.82, 2.24) is 52.4 Å². The van der Waals surface area contributed by atoms with E-state index in [2.05, 4.69) is 47.5 Å². The standard InChI is InChI=1S/C47H69N11O14S3/c1-6-23(4)38-44(69)51-17-36(63)52-32-21-75(71)46-28-15-31(41(66)50-18-37(64)56-38)54-45(70)39(24(5)34(61)20-59)57-43(68)33-13-25(60)19-58(33)47(9-11-73-74-12-10-49-22(2)3,40(65)30(16-35(48)62)53-42(32)67)72-26-7-8-27(28)29(14-26)55-46/h7-8,14,22-25,30-34,38-39,49,55,59-61H,6,9-13,15-21H2,1-5H3,(H2,48,62)(H,50,66)(H,51,69)(H,52,63)(H,53,67)(H,54,70)(H,56,64)(H,57,68)/t23-,24-,25+,30-,31-,32?,33-,34-,38-,39-,47?,75+/m0/s1. The molecule has 12 atom stereocenters. The van der Waals surface area contributed by atoms with Crippen LogP contribution in [0.2, 0.25) is 0 Å². The maximum absolute atomic E-state index is 15.9. The lowest BCUT2D eigenvalue weighted by molar-refractivity contribution is -0.165. The Hall–Kier alpha value is -5.20. The second-order valence-electron chi connectivity index (χ2n) is 19.5. The van der Waals surface area contributed by atoms with Gasteiger partial charge in [-0.3, -0.25) is 43.2 Å². The molecule has 0 spiro atoms. The predicted octanol–water partition coefficient (Wildman–Crippen LogP) is -3.73. The number of aliphatic hydroxyl groups excluding tert-OH is 3. The zero-order chi connectivity index (χ0) is 54.9. The van der Waals surface area contributed by atoms with Gasteiger partial charge >= 0.3 is 0 Å². The molecule has 7 rings (SSSR count). The summed E-state index contributed by atoms with van der Waals surface area (Å²) < 4.78 is 21.8. The summed E-state index contributed by atoms with van der Waals surface area (Å²) >= 11 is -2.35. The fraction of sp³-hybridized carbons (Fsp3) is 0.638. The highest BCUT2D eigenvalue weighted by atomic mass is 33.1. The molecule has 6 heterocycles. The van der Waals surface area contributed by atoms with E-state index in [1.165, 1.54) is 51.6 Å². The molecule has 1 aromatic carbocycles. The lowest BCUT2D eigenvalue weighted by Crippen LogP contribution is -2.69. The molecule has 414 valence electrons. The number of aromatic nitrogens is 1. The number of fused-ring (bicyclic) bond motifs is 7. The van der Waals surface area contributed by atoms with E-state index in [4.69, 9.17) is 10.5 Å². The molecule has 25 nitrogen and oxygen atoms in total. The van der Waals surface area contributed by atoms with E-state index < -0.39 is 175 Å². The maximum Gasteiger partial charge on any atom is 0.248 e. The predicted molar refractivity (Wildman–Crippen MR) is 277 cm³/mol. The summed E-state index contributed by atoms with van der Waals surface area (Å²) in [5, 5.41) is 54.0. The maximum atomic E-state index is 15.9. The lowest BCUT2D eigenvalue weighted by Gasteiger charge is -2.44. The minimum atomic E-state index is -2.38. The second kappa shape index (κ2) is 26.2. The van der Waals surface area contributed by atoms with Crippen molar-refractivity contribution in [3.05, 3.63) is 23.8 Å². The molecule has 1 saturated heterocycles. The quantitative estimate of drug-likeness (QED) is 0.0463. The van der Waals surface area contributed by atoms with Crippen molar-refractivity contribution in [2.75, 3.05) is 50.0 Å². The van der Waals surface area contributed by atoms with Gasteiger partial charge in [-0.25, -0.2) is 4.90 Å². The van der Waals surface area contributed by atoms with Gasteiger partial charge in [0.05, 0.1) is 49.9 Å². The first-order chi connectivity index (χ1) is 35.6. The van der Waals surface area contributed by atoms with E-state index in [0.29, 0.717) is 24.1 Å². The summed E-state index contributed by atoms with van der Waals surface area (Å²) in [6.45, 7) is 6.61. The molecule has 1 fully saturated rings. The molecule has 2 unspecified atom stereocenters. The van der Waals surface area contributed by atoms with Crippen LogP contribution in [0.15, 0.2) is 23.2 Å². The molecule has 1 aromatic heterocycles. The third kappa shape index (κ3) is 14.4. The molecular formula is C47H69N11O14S3. The van der Waals surface area contributed by atoms with Crippen molar-refractivity contribution in [2.24, 2.45) is 17.6 Å². The normalized spacial score (nSPS) is 28.9. The van der Waals surface area contributed by atoms with Gasteiger partial charge in [-0.1, -0.05) is 62.6 Å². The summed E-state index contributed by atoms with van der Waals surface area (Å²) in [6, 6.07) is -5.20. The first-order valence-electron chi connectivity index (χ1n) is 24.9. The Balaban J connectivity index is 1.64. The van der Waals surface area contributed by atoms with Gasteiger partial charge < -0.3 is 77.9 Å². The minimum Gasteiger partial charge on any atom is -0.610 e. The number of nitrogens with two attached hydrogens (primary N) is 1. The Bertz CT molecular complexity index is 2470. The van der Waals surface area contributed by atoms with Crippen molar-refractivity contribution in [3.8, 4) is 5.75 Å².